The highest BCUT2D eigenvalue weighted by Crippen LogP contribution is 2.04. The lowest BCUT2D eigenvalue weighted by Gasteiger charge is -2.17. The molecule has 0 spiro atoms. The van der Waals surface area contributed by atoms with Gasteiger partial charge in [0.2, 0.25) is 5.91 Å². The summed E-state index contributed by atoms with van der Waals surface area (Å²) < 4.78 is 4.39. The normalized spacial score (nSPS) is 15.4. The Hall–Kier alpha value is -0.870. The molecule has 0 aliphatic heterocycles. The van der Waals surface area contributed by atoms with Crippen LogP contribution < -0.4 is 11.1 Å². The molecule has 0 aliphatic rings. The molecule has 8 nitrogen and oxygen atoms in total. The minimum atomic E-state index is -1.14. The Kier molecular flexibility index (Phi) is 9.53. The van der Waals surface area contributed by atoms with Gasteiger partial charge in [-0.25, -0.2) is 4.79 Å². The van der Waals surface area contributed by atoms with E-state index in [-0.39, 0.29) is 18.1 Å². The Morgan fingerprint density at radius 1 is 1.32 bits per heavy atom. The van der Waals surface area contributed by atoms with Crippen LogP contribution in [-0.2, 0) is 14.3 Å². The second kappa shape index (κ2) is 9.98. The maximum atomic E-state index is 11.6. The summed E-state index contributed by atoms with van der Waals surface area (Å²) in [6, 6.07) is -2.04. The van der Waals surface area contributed by atoms with E-state index in [0.29, 0.717) is 0 Å². The molecule has 0 saturated carbocycles. The van der Waals surface area contributed by atoms with Crippen LogP contribution in [0.25, 0.3) is 0 Å². The van der Waals surface area contributed by atoms with Gasteiger partial charge in [-0.05, 0) is 0 Å². The van der Waals surface area contributed by atoms with Crippen molar-refractivity contribution in [1.29, 1.82) is 0 Å². The van der Waals surface area contributed by atoms with E-state index in [1.165, 1.54) is 11.8 Å². The smallest absolute Gasteiger partial charge is 0.330 e. The molecule has 0 saturated heterocycles. The lowest BCUT2D eigenvalue weighted by Crippen LogP contribution is -2.51. The molecular weight excluding hydrogens is 276 g/mol. The predicted molar refractivity (Wildman–Crippen MR) is 69.4 cm³/mol. The van der Waals surface area contributed by atoms with Gasteiger partial charge < -0.3 is 31.1 Å². The van der Waals surface area contributed by atoms with E-state index >= 15 is 0 Å². The molecule has 0 radical (unpaired) electrons. The summed E-state index contributed by atoms with van der Waals surface area (Å²) in [5.74, 6) is -0.901. The highest BCUT2D eigenvalue weighted by molar-refractivity contribution is 7.99. The van der Waals surface area contributed by atoms with E-state index in [9.17, 15) is 9.59 Å². The lowest BCUT2D eigenvalue weighted by atomic mass is 10.2. The van der Waals surface area contributed by atoms with E-state index in [0.717, 1.165) is 7.11 Å². The number of methoxy groups -OCH3 is 1. The zero-order chi connectivity index (χ0) is 14.8. The van der Waals surface area contributed by atoms with Gasteiger partial charge in [0.25, 0.3) is 0 Å². The number of aliphatic hydroxyl groups excluding tert-OH is 3. The van der Waals surface area contributed by atoms with Crippen LogP contribution in [0.2, 0.25) is 0 Å². The Balaban J connectivity index is 4.08. The Labute approximate surface area is 115 Å². The van der Waals surface area contributed by atoms with E-state index in [4.69, 9.17) is 21.1 Å². The number of thioether (sulfide) groups is 1. The van der Waals surface area contributed by atoms with Gasteiger partial charge in [-0.2, -0.15) is 11.8 Å². The van der Waals surface area contributed by atoms with Crippen molar-refractivity contribution in [2.24, 2.45) is 5.73 Å². The Morgan fingerprint density at radius 3 is 2.42 bits per heavy atom. The fourth-order valence-electron chi connectivity index (χ4n) is 1.06. The molecule has 0 fully saturated rings. The molecule has 0 rings (SSSR count). The Morgan fingerprint density at radius 2 is 1.95 bits per heavy atom. The maximum absolute atomic E-state index is 11.6. The first kappa shape index (κ1) is 18.1. The van der Waals surface area contributed by atoms with Crippen molar-refractivity contribution < 1.29 is 29.6 Å². The van der Waals surface area contributed by atoms with Gasteiger partial charge in [-0.3, -0.25) is 4.79 Å². The monoisotopic (exact) mass is 296 g/mol. The molecule has 1 amide bonds. The van der Waals surface area contributed by atoms with Crippen LogP contribution >= 0.6 is 11.8 Å². The van der Waals surface area contributed by atoms with E-state index in [2.05, 4.69) is 10.1 Å². The summed E-state index contributed by atoms with van der Waals surface area (Å²) in [5, 5.41) is 28.9. The summed E-state index contributed by atoms with van der Waals surface area (Å²) in [6.07, 6.45) is -0.861. The fraction of sp³-hybridized carbons (Fsp3) is 0.800. The van der Waals surface area contributed by atoms with Gasteiger partial charge in [0.05, 0.1) is 32.5 Å². The molecule has 0 bridgehead atoms. The largest absolute Gasteiger partial charge is 0.467 e. The van der Waals surface area contributed by atoms with Gasteiger partial charge in [0.15, 0.2) is 6.04 Å². The molecule has 0 heterocycles. The van der Waals surface area contributed by atoms with Gasteiger partial charge in [-0.1, -0.05) is 0 Å². The summed E-state index contributed by atoms with van der Waals surface area (Å²) >= 11 is 1.20. The molecule has 0 aromatic rings. The number of hydrogen-bond acceptors (Lipinski definition) is 8. The molecule has 19 heavy (non-hydrogen) atoms. The van der Waals surface area contributed by atoms with Crippen LogP contribution in [0.5, 0.6) is 0 Å². The van der Waals surface area contributed by atoms with Crippen molar-refractivity contribution in [1.82, 2.24) is 5.32 Å². The average Bonchev–Trinajstić information content (AvgIpc) is 2.42. The van der Waals surface area contributed by atoms with E-state index < -0.39 is 36.7 Å². The number of rotatable bonds is 9. The van der Waals surface area contributed by atoms with Crippen molar-refractivity contribution >= 4 is 23.6 Å². The van der Waals surface area contributed by atoms with Crippen molar-refractivity contribution in [2.45, 2.75) is 18.2 Å². The number of nitrogens with two attached hydrogens (primary N) is 1. The molecule has 112 valence electrons. The second-order valence-corrected chi connectivity index (χ2v) is 4.82. The van der Waals surface area contributed by atoms with Crippen LogP contribution in [0.15, 0.2) is 0 Å². The molecule has 9 heteroatoms. The third-order valence-corrected chi connectivity index (χ3v) is 3.36. The number of carbonyl (C=O) groups is 2. The molecule has 0 aromatic carbocycles. The predicted octanol–water partition coefficient (Wildman–Crippen LogP) is -2.95. The number of hydrogen-bond donors (Lipinski definition) is 5. The molecule has 6 N–H and O–H groups in total. The zero-order valence-electron chi connectivity index (χ0n) is 10.6. The van der Waals surface area contributed by atoms with Crippen molar-refractivity contribution in [3.8, 4) is 0 Å². The van der Waals surface area contributed by atoms with Crippen LogP contribution in [0.1, 0.15) is 0 Å². The standard InChI is InChI=1S/C10H20N2O6S/c1-18-10(17)8(3-14)12-9(16)7(11)5-19-4-6(15)2-13/h6-8,13-15H,2-5,11H2,1H3,(H,12,16)/t6-,7+,8+/m1/s1. The van der Waals surface area contributed by atoms with Gasteiger partial charge in [0, 0.05) is 11.5 Å². The molecule has 0 aromatic heterocycles. The number of aliphatic hydroxyl groups is 3. The van der Waals surface area contributed by atoms with Crippen LogP contribution in [0.3, 0.4) is 0 Å². The number of carbonyl (C=O) groups excluding carboxylic acids is 2. The minimum Gasteiger partial charge on any atom is -0.467 e. The Bertz CT molecular complexity index is 291. The molecule has 3 atom stereocenters. The summed E-state index contributed by atoms with van der Waals surface area (Å²) in [7, 11) is 1.14. The van der Waals surface area contributed by atoms with Gasteiger partial charge in [-0.15, -0.1) is 0 Å². The SMILES string of the molecule is COC(=O)[C@H](CO)NC(=O)[C@@H](N)CSC[C@H](O)CO. The van der Waals surface area contributed by atoms with Crippen LogP contribution in [0, 0.1) is 0 Å². The highest BCUT2D eigenvalue weighted by Gasteiger charge is 2.23. The van der Waals surface area contributed by atoms with Crippen molar-refractivity contribution in [3.05, 3.63) is 0 Å². The van der Waals surface area contributed by atoms with E-state index in [1.54, 1.807) is 0 Å². The molecule has 0 unspecified atom stereocenters. The lowest BCUT2D eigenvalue weighted by molar-refractivity contribution is -0.146. The third kappa shape index (κ3) is 7.33. The topological polar surface area (TPSA) is 142 Å². The summed E-state index contributed by atoms with van der Waals surface area (Å²) in [6.45, 7) is -0.940. The highest BCUT2D eigenvalue weighted by atomic mass is 32.2. The first-order valence-corrected chi connectivity index (χ1v) is 6.73. The van der Waals surface area contributed by atoms with Crippen LogP contribution in [0.4, 0.5) is 0 Å². The quantitative estimate of drug-likeness (QED) is 0.284. The zero-order valence-corrected chi connectivity index (χ0v) is 11.4. The fourth-order valence-corrected chi connectivity index (χ4v) is 1.98. The minimum absolute atomic E-state index is 0.211. The van der Waals surface area contributed by atoms with Crippen molar-refractivity contribution in [2.75, 3.05) is 31.8 Å². The number of nitrogens with one attached hydrogen (secondary N) is 1. The molecule has 0 aliphatic carbocycles. The summed E-state index contributed by atoms with van der Waals surface area (Å²) in [4.78, 5) is 22.7. The maximum Gasteiger partial charge on any atom is 0.330 e. The van der Waals surface area contributed by atoms with Gasteiger partial charge >= 0.3 is 5.97 Å². The van der Waals surface area contributed by atoms with Crippen LogP contribution in [-0.4, -0.2) is 77.2 Å². The summed E-state index contributed by atoms with van der Waals surface area (Å²) in [5.41, 5.74) is 5.58. The molecular formula is C10H20N2O6S. The van der Waals surface area contributed by atoms with E-state index in [1.807, 2.05) is 0 Å². The van der Waals surface area contributed by atoms with Gasteiger partial charge in [0.1, 0.15) is 0 Å². The number of amides is 1. The average molecular weight is 296 g/mol. The third-order valence-electron chi connectivity index (χ3n) is 2.14. The second-order valence-electron chi connectivity index (χ2n) is 3.75. The number of ether oxygens (including phenoxy) is 1. The first-order chi connectivity index (χ1) is 8.96. The van der Waals surface area contributed by atoms with Crippen molar-refractivity contribution in [3.63, 3.8) is 0 Å². The first-order valence-electron chi connectivity index (χ1n) is 5.57. The number of esters is 1.